The number of pyridine rings is 1. The smallest absolute Gasteiger partial charge is 0.164 e. The largest absolute Gasteiger partial charge is 0.454 e. The first-order valence-electron chi connectivity index (χ1n) is 15.8. The lowest BCUT2D eigenvalue weighted by molar-refractivity contribution is 0.668. The minimum absolute atomic E-state index is 0.571. The zero-order chi connectivity index (χ0) is 31.6. The van der Waals surface area contributed by atoms with Crippen LogP contribution in [0.25, 0.3) is 98.3 Å². The Kier molecular flexibility index (Phi) is 5.98. The highest BCUT2D eigenvalue weighted by Gasteiger charge is 2.20. The van der Waals surface area contributed by atoms with Gasteiger partial charge in [0.05, 0.1) is 5.39 Å². The van der Waals surface area contributed by atoms with Gasteiger partial charge in [0.2, 0.25) is 0 Å². The SMILES string of the molecule is c1ccc(-c2nc(-c3ccc4ccccc4c3)nc(-c3cccc4oc5cc(-c6cccc7c6sc6ccccc67)cnc5c34)n2)cc1. The van der Waals surface area contributed by atoms with E-state index in [4.69, 9.17) is 24.4 Å². The fourth-order valence-electron chi connectivity index (χ4n) is 6.67. The second-order valence-corrected chi connectivity index (χ2v) is 12.9. The van der Waals surface area contributed by atoms with Crippen molar-refractivity contribution in [2.24, 2.45) is 0 Å². The van der Waals surface area contributed by atoms with Crippen molar-refractivity contribution in [2.45, 2.75) is 0 Å². The van der Waals surface area contributed by atoms with Gasteiger partial charge in [-0.15, -0.1) is 11.3 Å². The molecule has 224 valence electrons. The molecule has 10 aromatic rings. The van der Waals surface area contributed by atoms with E-state index in [1.807, 2.05) is 78.2 Å². The molecular formula is C42H24N4OS. The molecule has 4 aromatic heterocycles. The van der Waals surface area contributed by atoms with Crippen molar-refractivity contribution in [1.82, 2.24) is 19.9 Å². The maximum atomic E-state index is 6.50. The number of hydrogen-bond donors (Lipinski definition) is 0. The van der Waals surface area contributed by atoms with E-state index in [0.29, 0.717) is 17.5 Å². The molecule has 6 aromatic carbocycles. The van der Waals surface area contributed by atoms with Crippen LogP contribution in [0.4, 0.5) is 0 Å². The van der Waals surface area contributed by atoms with Crippen molar-refractivity contribution in [3.63, 3.8) is 0 Å². The fourth-order valence-corrected chi connectivity index (χ4v) is 7.91. The maximum absolute atomic E-state index is 6.50. The van der Waals surface area contributed by atoms with Gasteiger partial charge in [-0.3, -0.25) is 4.98 Å². The molecule has 0 aliphatic heterocycles. The van der Waals surface area contributed by atoms with Crippen molar-refractivity contribution < 1.29 is 4.42 Å². The van der Waals surface area contributed by atoms with E-state index in [1.54, 1.807) is 0 Å². The zero-order valence-electron chi connectivity index (χ0n) is 25.5. The number of rotatable bonds is 4. The highest BCUT2D eigenvalue weighted by Crippen LogP contribution is 2.42. The first kappa shape index (κ1) is 26.9. The molecule has 10 rings (SSSR count). The summed E-state index contributed by atoms with van der Waals surface area (Å²) in [7, 11) is 0. The Hall–Kier alpha value is -6.24. The molecule has 0 unspecified atom stereocenters. The third kappa shape index (κ3) is 4.31. The molecule has 0 N–H and O–H groups in total. The van der Waals surface area contributed by atoms with E-state index in [-0.39, 0.29) is 0 Å². The minimum atomic E-state index is 0.571. The highest BCUT2D eigenvalue weighted by molar-refractivity contribution is 7.26. The summed E-state index contributed by atoms with van der Waals surface area (Å²) in [4.78, 5) is 20.1. The molecule has 0 saturated carbocycles. The molecule has 0 bridgehead atoms. The van der Waals surface area contributed by atoms with E-state index < -0.39 is 0 Å². The standard InChI is InChI=1S/C42H24N4OS/c1-2-11-26(12-3-1)40-44-41(28-21-20-25-10-4-5-13-27(25)22-28)46-42(45-40)33-17-9-18-34-37(33)38-35(47-34)23-29(24-43-38)30-15-8-16-32-31-14-6-7-19-36(31)48-39(30)32/h1-24H. The first-order chi connectivity index (χ1) is 23.8. The van der Waals surface area contributed by atoms with Crippen LogP contribution in [0, 0.1) is 0 Å². The Balaban J connectivity index is 1.16. The number of fused-ring (bicyclic) bond motifs is 7. The van der Waals surface area contributed by atoms with Gasteiger partial charge in [0.1, 0.15) is 11.1 Å². The van der Waals surface area contributed by atoms with Gasteiger partial charge in [0.25, 0.3) is 0 Å². The van der Waals surface area contributed by atoms with Crippen LogP contribution >= 0.6 is 11.3 Å². The van der Waals surface area contributed by atoms with Crippen LogP contribution in [0.3, 0.4) is 0 Å². The van der Waals surface area contributed by atoms with Gasteiger partial charge in [-0.05, 0) is 35.0 Å². The third-order valence-corrected chi connectivity index (χ3v) is 10.2. The van der Waals surface area contributed by atoms with E-state index in [2.05, 4.69) is 78.9 Å². The third-order valence-electron chi connectivity index (χ3n) is 8.97. The Labute approximate surface area is 278 Å². The Morgan fingerprint density at radius 1 is 0.479 bits per heavy atom. The average Bonchev–Trinajstić information content (AvgIpc) is 3.73. The molecule has 5 nitrogen and oxygen atoms in total. The van der Waals surface area contributed by atoms with Crippen LogP contribution in [0.1, 0.15) is 0 Å². The van der Waals surface area contributed by atoms with E-state index in [9.17, 15) is 0 Å². The monoisotopic (exact) mass is 632 g/mol. The summed E-state index contributed by atoms with van der Waals surface area (Å²) in [6, 6.07) is 47.8. The molecule has 0 fully saturated rings. The molecule has 0 atom stereocenters. The summed E-state index contributed by atoms with van der Waals surface area (Å²) in [5.41, 5.74) is 7.10. The molecule has 48 heavy (non-hydrogen) atoms. The van der Waals surface area contributed by atoms with Gasteiger partial charge in [-0.2, -0.15) is 0 Å². The molecular weight excluding hydrogens is 609 g/mol. The molecule has 6 heteroatoms. The summed E-state index contributed by atoms with van der Waals surface area (Å²) in [6.07, 6.45) is 1.95. The number of furan rings is 1. The van der Waals surface area contributed by atoms with E-state index >= 15 is 0 Å². The summed E-state index contributed by atoms with van der Waals surface area (Å²) in [5, 5.41) is 5.71. The van der Waals surface area contributed by atoms with Crippen molar-refractivity contribution in [3.8, 4) is 45.3 Å². The lowest BCUT2D eigenvalue weighted by Crippen LogP contribution is -2.00. The Morgan fingerprint density at radius 2 is 1.21 bits per heavy atom. The van der Waals surface area contributed by atoms with Crippen molar-refractivity contribution >= 4 is 64.4 Å². The molecule has 0 radical (unpaired) electrons. The molecule has 0 aliphatic rings. The topological polar surface area (TPSA) is 64.7 Å². The number of aromatic nitrogens is 4. The van der Waals surface area contributed by atoms with Crippen molar-refractivity contribution in [1.29, 1.82) is 0 Å². The molecule has 4 heterocycles. The zero-order valence-corrected chi connectivity index (χ0v) is 26.3. The van der Waals surface area contributed by atoms with Gasteiger partial charge in [0, 0.05) is 54.2 Å². The number of hydrogen-bond acceptors (Lipinski definition) is 6. The predicted octanol–water partition coefficient (Wildman–Crippen LogP) is 11.4. The van der Waals surface area contributed by atoms with Crippen LogP contribution in [-0.2, 0) is 0 Å². The molecule has 0 amide bonds. The van der Waals surface area contributed by atoms with Gasteiger partial charge in [0.15, 0.2) is 23.1 Å². The van der Waals surface area contributed by atoms with Gasteiger partial charge < -0.3 is 4.42 Å². The minimum Gasteiger partial charge on any atom is -0.454 e. The predicted molar refractivity (Wildman–Crippen MR) is 197 cm³/mol. The Morgan fingerprint density at radius 3 is 2.12 bits per heavy atom. The van der Waals surface area contributed by atoms with Gasteiger partial charge >= 0.3 is 0 Å². The summed E-state index contributed by atoms with van der Waals surface area (Å²) >= 11 is 1.81. The van der Waals surface area contributed by atoms with Crippen LogP contribution in [-0.4, -0.2) is 19.9 Å². The second-order valence-electron chi connectivity index (χ2n) is 11.9. The van der Waals surface area contributed by atoms with Gasteiger partial charge in [-0.25, -0.2) is 15.0 Å². The number of thiophene rings is 1. The van der Waals surface area contributed by atoms with E-state index in [0.717, 1.165) is 55.3 Å². The maximum Gasteiger partial charge on any atom is 0.164 e. The Bertz CT molecular complexity index is 2860. The molecule has 0 aliphatic carbocycles. The van der Waals surface area contributed by atoms with E-state index in [1.165, 1.54) is 25.6 Å². The quantitative estimate of drug-likeness (QED) is 0.193. The summed E-state index contributed by atoms with van der Waals surface area (Å²) in [6.45, 7) is 0. The molecule has 0 saturated heterocycles. The van der Waals surface area contributed by atoms with Crippen LogP contribution in [0.5, 0.6) is 0 Å². The van der Waals surface area contributed by atoms with Crippen molar-refractivity contribution in [3.05, 3.63) is 146 Å². The molecule has 0 spiro atoms. The lowest BCUT2D eigenvalue weighted by atomic mass is 10.0. The lowest BCUT2D eigenvalue weighted by Gasteiger charge is -2.10. The fraction of sp³-hybridized carbons (Fsp3) is 0. The van der Waals surface area contributed by atoms with Crippen molar-refractivity contribution in [2.75, 3.05) is 0 Å². The van der Waals surface area contributed by atoms with Crippen LogP contribution in [0.2, 0.25) is 0 Å². The second kappa shape index (κ2) is 10.7. The van der Waals surface area contributed by atoms with Crippen LogP contribution in [0.15, 0.2) is 150 Å². The summed E-state index contributed by atoms with van der Waals surface area (Å²) in [5.74, 6) is 1.79. The normalized spacial score (nSPS) is 11.8. The summed E-state index contributed by atoms with van der Waals surface area (Å²) < 4.78 is 9.02. The highest BCUT2D eigenvalue weighted by atomic mass is 32.1. The number of benzene rings is 6. The first-order valence-corrected chi connectivity index (χ1v) is 16.6. The average molecular weight is 633 g/mol. The number of nitrogens with zero attached hydrogens (tertiary/aromatic N) is 4. The van der Waals surface area contributed by atoms with Crippen LogP contribution < -0.4 is 0 Å². The van der Waals surface area contributed by atoms with Gasteiger partial charge in [-0.1, -0.05) is 115 Å².